The normalized spacial score (nSPS) is 11.8. The van der Waals surface area contributed by atoms with Gasteiger partial charge in [-0.1, -0.05) is 35.6 Å². The first-order chi connectivity index (χ1) is 13.4. The van der Waals surface area contributed by atoms with E-state index in [-0.39, 0.29) is 11.5 Å². The molecule has 0 saturated heterocycles. The number of para-hydroxylation sites is 1. The molecule has 2 aromatic carbocycles. The fraction of sp³-hybridized carbons (Fsp3) is 0.111. The lowest BCUT2D eigenvalue weighted by Crippen LogP contribution is -2.21. The minimum absolute atomic E-state index is 0.169. The third kappa shape index (κ3) is 3.28. The topological polar surface area (TPSA) is 99.2 Å². The number of hydrogen-bond donors (Lipinski definition) is 3. The van der Waals surface area contributed by atoms with Gasteiger partial charge in [0.15, 0.2) is 5.01 Å². The molecule has 2 N–H and O–H groups in total. The Morgan fingerprint density at radius 1 is 1.18 bits per heavy atom. The summed E-state index contributed by atoms with van der Waals surface area (Å²) in [6.07, 6.45) is 0. The molecule has 4 rings (SSSR count). The van der Waals surface area contributed by atoms with E-state index in [4.69, 9.17) is 0 Å². The molecule has 0 radical (unpaired) electrons. The second-order valence-electron chi connectivity index (χ2n) is 6.15. The minimum atomic E-state index is -3.84. The number of hydrogen-bond acceptors (Lipinski definition) is 7. The molecule has 10 heteroatoms. The van der Waals surface area contributed by atoms with Crippen molar-refractivity contribution in [2.24, 2.45) is 0 Å². The van der Waals surface area contributed by atoms with Crippen LogP contribution >= 0.6 is 24.2 Å². The zero-order valence-corrected chi connectivity index (χ0v) is 17.2. The largest absolute Gasteiger partial charge is 0.389 e. The van der Waals surface area contributed by atoms with Crippen molar-refractivity contribution in [2.75, 3.05) is 3.71 Å². The quantitative estimate of drug-likeness (QED) is 0.419. The highest BCUT2D eigenvalue weighted by Gasteiger charge is 2.25. The lowest BCUT2D eigenvalue weighted by molar-refractivity contribution is 0.280. The van der Waals surface area contributed by atoms with Crippen LogP contribution in [0.2, 0.25) is 0 Å². The van der Waals surface area contributed by atoms with Gasteiger partial charge in [-0.2, -0.15) is 0 Å². The summed E-state index contributed by atoms with van der Waals surface area (Å²) in [6, 6.07) is 13.9. The molecule has 28 heavy (non-hydrogen) atoms. The Labute approximate surface area is 171 Å². The Kier molecular flexibility index (Phi) is 4.88. The SMILES string of the molecule is Cc1cccc(S(=O)(=O)N(S)c2cccc3cc(-c4nnc(CO)s4)[nH]c23)c1. The van der Waals surface area contributed by atoms with Crippen molar-refractivity contribution >= 4 is 50.8 Å². The Bertz CT molecular complexity index is 1260. The number of nitrogens with zero attached hydrogens (tertiary/aromatic N) is 3. The predicted molar refractivity (Wildman–Crippen MR) is 113 cm³/mol. The van der Waals surface area contributed by atoms with Crippen molar-refractivity contribution in [3.8, 4) is 10.7 Å². The molecule has 0 unspecified atom stereocenters. The van der Waals surface area contributed by atoms with Gasteiger partial charge in [0.1, 0.15) is 5.01 Å². The maximum absolute atomic E-state index is 13.0. The van der Waals surface area contributed by atoms with Crippen LogP contribution in [0.25, 0.3) is 21.6 Å². The number of sulfonamides is 1. The number of thiol groups is 1. The Balaban J connectivity index is 1.80. The van der Waals surface area contributed by atoms with Gasteiger partial charge in [0, 0.05) is 5.39 Å². The van der Waals surface area contributed by atoms with E-state index in [9.17, 15) is 13.5 Å². The van der Waals surface area contributed by atoms with Crippen LogP contribution in [0.15, 0.2) is 53.4 Å². The average molecular weight is 433 g/mol. The number of H-pyrrole nitrogens is 1. The van der Waals surface area contributed by atoms with E-state index in [1.54, 1.807) is 30.3 Å². The van der Waals surface area contributed by atoms with Crippen molar-refractivity contribution in [2.45, 2.75) is 18.4 Å². The fourth-order valence-electron chi connectivity index (χ4n) is 2.85. The first-order valence-electron chi connectivity index (χ1n) is 8.26. The van der Waals surface area contributed by atoms with Gasteiger partial charge in [0.2, 0.25) is 0 Å². The summed E-state index contributed by atoms with van der Waals surface area (Å²) >= 11 is 5.57. The van der Waals surface area contributed by atoms with Crippen molar-refractivity contribution in [3.05, 3.63) is 59.1 Å². The van der Waals surface area contributed by atoms with E-state index in [0.717, 1.165) is 14.7 Å². The van der Waals surface area contributed by atoms with Gasteiger partial charge in [-0.3, -0.25) is 0 Å². The summed E-state index contributed by atoms with van der Waals surface area (Å²) in [5.41, 5.74) is 2.55. The second-order valence-corrected chi connectivity index (χ2v) is 9.67. The van der Waals surface area contributed by atoms with Crippen LogP contribution in [-0.2, 0) is 16.6 Å². The van der Waals surface area contributed by atoms with Gasteiger partial charge >= 0.3 is 0 Å². The van der Waals surface area contributed by atoms with Gasteiger partial charge in [-0.15, -0.1) is 10.2 Å². The predicted octanol–water partition coefficient (Wildman–Crippen LogP) is 3.53. The van der Waals surface area contributed by atoms with Gasteiger partial charge in [-0.05, 0) is 49.6 Å². The van der Waals surface area contributed by atoms with E-state index < -0.39 is 10.0 Å². The number of nitrogens with one attached hydrogen (secondary N) is 1. The number of aliphatic hydroxyl groups is 1. The molecule has 0 aliphatic rings. The zero-order valence-electron chi connectivity index (χ0n) is 14.7. The first kappa shape index (κ1) is 18.9. The number of aliphatic hydroxyl groups excluding tert-OH is 1. The highest BCUT2D eigenvalue weighted by Crippen LogP contribution is 2.35. The summed E-state index contributed by atoms with van der Waals surface area (Å²) < 4.78 is 27.0. The maximum atomic E-state index is 13.0. The first-order valence-corrected chi connectivity index (χ1v) is 10.9. The van der Waals surface area contributed by atoms with Crippen LogP contribution in [0.4, 0.5) is 5.69 Å². The van der Waals surface area contributed by atoms with Crippen molar-refractivity contribution in [1.82, 2.24) is 15.2 Å². The molecule has 0 amide bonds. The molecule has 0 saturated carbocycles. The molecule has 0 spiro atoms. The van der Waals surface area contributed by atoms with E-state index in [0.29, 0.717) is 26.9 Å². The number of anilines is 1. The molecule has 4 aromatic rings. The Morgan fingerprint density at radius 3 is 2.68 bits per heavy atom. The fourth-order valence-corrected chi connectivity index (χ4v) is 5.16. The Hall–Kier alpha value is -2.40. The Morgan fingerprint density at radius 2 is 1.96 bits per heavy atom. The summed E-state index contributed by atoms with van der Waals surface area (Å²) in [5.74, 6) is 0. The van der Waals surface area contributed by atoms with Gasteiger partial charge in [0.05, 0.1) is 28.4 Å². The smallest absolute Gasteiger partial charge is 0.273 e. The molecule has 0 aliphatic heterocycles. The van der Waals surface area contributed by atoms with Gasteiger partial charge in [0.25, 0.3) is 10.0 Å². The van der Waals surface area contributed by atoms with Crippen LogP contribution < -0.4 is 3.71 Å². The average Bonchev–Trinajstić information content (AvgIpc) is 3.33. The van der Waals surface area contributed by atoms with Crippen molar-refractivity contribution in [1.29, 1.82) is 0 Å². The van der Waals surface area contributed by atoms with Crippen molar-refractivity contribution < 1.29 is 13.5 Å². The molecular weight excluding hydrogens is 416 g/mol. The molecular formula is C18H16N4O3S3. The molecule has 2 aromatic heterocycles. The molecule has 0 fully saturated rings. The molecule has 0 bridgehead atoms. The van der Waals surface area contributed by atoms with Gasteiger partial charge < -0.3 is 10.1 Å². The monoisotopic (exact) mass is 432 g/mol. The summed E-state index contributed by atoms with van der Waals surface area (Å²) in [4.78, 5) is 3.37. The van der Waals surface area contributed by atoms with Gasteiger partial charge in [-0.25, -0.2) is 12.1 Å². The summed E-state index contributed by atoms with van der Waals surface area (Å²) in [6.45, 7) is 1.66. The molecule has 0 aliphatic carbocycles. The molecule has 7 nitrogen and oxygen atoms in total. The van der Waals surface area contributed by atoms with Crippen LogP contribution in [-0.4, -0.2) is 28.7 Å². The van der Waals surface area contributed by atoms with Crippen LogP contribution in [0.1, 0.15) is 10.6 Å². The lowest BCUT2D eigenvalue weighted by Gasteiger charge is -2.19. The number of fused-ring (bicyclic) bond motifs is 1. The second kappa shape index (κ2) is 7.21. The van der Waals surface area contributed by atoms with E-state index in [1.807, 2.05) is 25.1 Å². The van der Waals surface area contributed by atoms with Crippen molar-refractivity contribution in [3.63, 3.8) is 0 Å². The number of rotatable bonds is 5. The zero-order chi connectivity index (χ0) is 19.9. The number of aromatic nitrogens is 3. The number of benzene rings is 2. The third-order valence-corrected chi connectivity index (χ3v) is 7.49. The highest BCUT2D eigenvalue weighted by molar-refractivity contribution is 8.06. The molecule has 2 heterocycles. The third-order valence-electron chi connectivity index (χ3n) is 4.19. The van der Waals surface area contributed by atoms with Crippen LogP contribution in [0, 0.1) is 6.92 Å². The standard InChI is InChI=1S/C18H16N4O3S3/c1-11-4-2-6-13(8-11)28(24,25)22(26)15-7-3-5-12-9-14(19-17(12)15)18-21-20-16(10-23)27-18/h2-9,19,23,26H,10H2,1H3. The van der Waals surface area contributed by atoms with Crippen LogP contribution in [0.3, 0.4) is 0 Å². The maximum Gasteiger partial charge on any atom is 0.273 e. The van der Waals surface area contributed by atoms with E-state index in [2.05, 4.69) is 28.0 Å². The minimum Gasteiger partial charge on any atom is -0.389 e. The molecule has 0 atom stereocenters. The van der Waals surface area contributed by atoms with E-state index in [1.165, 1.54) is 11.3 Å². The highest BCUT2D eigenvalue weighted by atomic mass is 32.3. The number of aryl methyl sites for hydroxylation is 1. The van der Waals surface area contributed by atoms with E-state index >= 15 is 0 Å². The molecule has 144 valence electrons. The summed E-state index contributed by atoms with van der Waals surface area (Å²) in [5, 5.41) is 19.1. The van der Waals surface area contributed by atoms with Crippen LogP contribution in [0.5, 0.6) is 0 Å². The summed E-state index contributed by atoms with van der Waals surface area (Å²) in [7, 11) is -3.84. The number of aromatic amines is 1. The lowest BCUT2D eigenvalue weighted by atomic mass is 10.2.